The first kappa shape index (κ1) is 28.1. The van der Waals surface area contributed by atoms with Crippen LogP contribution in [0.15, 0.2) is 60.7 Å². The Bertz CT molecular complexity index is 1280. The fourth-order valence-electron chi connectivity index (χ4n) is 4.20. The predicted molar refractivity (Wildman–Crippen MR) is 151 cm³/mol. The summed E-state index contributed by atoms with van der Waals surface area (Å²) in [6, 6.07) is 17.4. The monoisotopic (exact) mass is 521 g/mol. The minimum Gasteiger partial charge on any atom is -0.444 e. The molecule has 2 atom stereocenters. The van der Waals surface area contributed by atoms with E-state index in [2.05, 4.69) is 23.3 Å². The first-order valence-electron chi connectivity index (χ1n) is 12.1. The normalized spacial score (nSPS) is 12.9. The highest BCUT2D eigenvalue weighted by Gasteiger charge is 2.34. The van der Waals surface area contributed by atoms with Crippen LogP contribution in [0, 0.1) is 13.8 Å². The molecule has 196 valence electrons. The van der Waals surface area contributed by atoms with E-state index in [1.54, 1.807) is 27.8 Å². The zero-order valence-electron chi connectivity index (χ0n) is 22.2. The highest BCUT2D eigenvalue weighted by atomic mass is 32.1. The number of fused-ring (bicyclic) bond motifs is 1. The maximum Gasteiger partial charge on any atom is 0.408 e. The smallest absolute Gasteiger partial charge is 0.408 e. The summed E-state index contributed by atoms with van der Waals surface area (Å²) in [6.07, 6.45) is -0.725. The molecule has 3 rings (SSSR count). The van der Waals surface area contributed by atoms with Gasteiger partial charge >= 0.3 is 6.09 Å². The van der Waals surface area contributed by atoms with Gasteiger partial charge < -0.3 is 20.3 Å². The van der Waals surface area contributed by atoms with Crippen molar-refractivity contribution in [3.05, 3.63) is 77.4 Å². The highest BCUT2D eigenvalue weighted by Crippen LogP contribution is 2.26. The fraction of sp³-hybridized carbons (Fsp3) is 0.345. The molecule has 8 heteroatoms. The molecule has 3 amide bonds. The largest absolute Gasteiger partial charge is 0.444 e. The summed E-state index contributed by atoms with van der Waals surface area (Å²) < 4.78 is 5.30. The van der Waals surface area contributed by atoms with Crippen molar-refractivity contribution in [1.82, 2.24) is 10.2 Å². The Hall–Kier alpha value is -3.52. The number of amides is 3. The van der Waals surface area contributed by atoms with Crippen molar-refractivity contribution < 1.29 is 19.1 Å². The molecule has 0 aliphatic carbocycles. The number of benzene rings is 3. The van der Waals surface area contributed by atoms with Gasteiger partial charge in [0.2, 0.25) is 5.91 Å². The molecule has 0 spiro atoms. The quantitative estimate of drug-likeness (QED) is 0.363. The van der Waals surface area contributed by atoms with Crippen LogP contribution in [-0.4, -0.2) is 47.3 Å². The number of anilines is 1. The number of nitrogens with one attached hydrogen (secondary N) is 2. The third kappa shape index (κ3) is 7.49. The SMILES string of the molecule is Cc1cc(C)cc(C(C(=O)Nc2ccc3ccccc3c2)N(C)C(=O)C(CS)NC(=O)OC(C)(C)C)c1. The second-order valence-corrected chi connectivity index (χ2v) is 10.6. The molecule has 0 aromatic heterocycles. The van der Waals surface area contributed by atoms with E-state index in [9.17, 15) is 14.4 Å². The van der Waals surface area contributed by atoms with E-state index in [4.69, 9.17) is 4.74 Å². The summed E-state index contributed by atoms with van der Waals surface area (Å²) in [5, 5.41) is 7.60. The summed E-state index contributed by atoms with van der Waals surface area (Å²) in [5.74, 6) is -0.793. The maximum absolute atomic E-state index is 13.7. The molecule has 2 N–H and O–H groups in total. The van der Waals surface area contributed by atoms with Gasteiger partial charge in [-0.1, -0.05) is 59.7 Å². The Morgan fingerprint density at radius 1 is 0.946 bits per heavy atom. The molecule has 0 heterocycles. The zero-order valence-corrected chi connectivity index (χ0v) is 23.1. The van der Waals surface area contributed by atoms with Gasteiger partial charge in [-0.25, -0.2) is 4.79 Å². The van der Waals surface area contributed by atoms with Crippen molar-refractivity contribution >= 4 is 47.0 Å². The van der Waals surface area contributed by atoms with Gasteiger partial charge in [-0.3, -0.25) is 9.59 Å². The van der Waals surface area contributed by atoms with Crippen LogP contribution in [0.5, 0.6) is 0 Å². The van der Waals surface area contributed by atoms with Crippen molar-refractivity contribution in [3.8, 4) is 0 Å². The second kappa shape index (κ2) is 11.7. The van der Waals surface area contributed by atoms with E-state index in [1.807, 2.05) is 74.5 Å². The minimum absolute atomic E-state index is 0.0360. The molecule has 37 heavy (non-hydrogen) atoms. The lowest BCUT2D eigenvalue weighted by molar-refractivity contribution is -0.138. The van der Waals surface area contributed by atoms with Gasteiger partial charge in [0.15, 0.2) is 0 Å². The third-order valence-corrected chi connectivity index (χ3v) is 6.10. The van der Waals surface area contributed by atoms with Crippen molar-refractivity contribution in [3.63, 3.8) is 0 Å². The van der Waals surface area contributed by atoms with Gasteiger partial charge in [0.25, 0.3) is 5.91 Å². The molecular weight excluding hydrogens is 486 g/mol. The number of hydrogen-bond donors (Lipinski definition) is 3. The number of nitrogens with zero attached hydrogens (tertiary/aromatic N) is 1. The Morgan fingerprint density at radius 2 is 1.57 bits per heavy atom. The highest BCUT2D eigenvalue weighted by molar-refractivity contribution is 7.80. The minimum atomic E-state index is -0.981. The lowest BCUT2D eigenvalue weighted by Gasteiger charge is -2.31. The van der Waals surface area contributed by atoms with Gasteiger partial charge in [-0.15, -0.1) is 0 Å². The van der Waals surface area contributed by atoms with Crippen LogP contribution in [0.25, 0.3) is 10.8 Å². The number of alkyl carbamates (subject to hydrolysis) is 1. The average molecular weight is 522 g/mol. The molecule has 0 saturated heterocycles. The standard InChI is InChI=1S/C29H35N3O4S/c1-18-13-19(2)15-22(14-18)25(26(33)30-23-12-11-20-9-7-8-10-21(20)16-23)32(6)27(34)24(17-37)31-28(35)36-29(3,4)5/h7-16,24-25,37H,17H2,1-6H3,(H,30,33)(H,31,35). The van der Waals surface area contributed by atoms with Crippen LogP contribution in [0.2, 0.25) is 0 Å². The number of carbonyl (C=O) groups is 3. The number of carbonyl (C=O) groups excluding carboxylic acids is 3. The number of thiol groups is 1. The van der Waals surface area contributed by atoms with E-state index in [1.165, 1.54) is 4.90 Å². The van der Waals surface area contributed by atoms with Crippen LogP contribution < -0.4 is 10.6 Å². The number of ether oxygens (including phenoxy) is 1. The third-order valence-electron chi connectivity index (χ3n) is 5.73. The Kier molecular flexibility index (Phi) is 8.86. The first-order valence-corrected chi connectivity index (χ1v) is 12.8. The van der Waals surface area contributed by atoms with Gasteiger partial charge in [-0.05, 0) is 63.1 Å². The van der Waals surface area contributed by atoms with Gasteiger partial charge in [0.1, 0.15) is 17.7 Å². The van der Waals surface area contributed by atoms with Gasteiger partial charge in [0.05, 0.1) is 0 Å². The van der Waals surface area contributed by atoms with Crippen LogP contribution >= 0.6 is 12.6 Å². The molecular formula is C29H35N3O4S. The zero-order chi connectivity index (χ0) is 27.3. The molecule has 0 bridgehead atoms. The van der Waals surface area contributed by atoms with E-state index in [0.29, 0.717) is 11.3 Å². The number of rotatable bonds is 7. The van der Waals surface area contributed by atoms with Crippen LogP contribution in [0.1, 0.15) is 43.5 Å². The van der Waals surface area contributed by atoms with Gasteiger partial charge in [-0.2, -0.15) is 12.6 Å². The van der Waals surface area contributed by atoms with E-state index >= 15 is 0 Å². The van der Waals surface area contributed by atoms with Crippen molar-refractivity contribution in [2.45, 2.75) is 52.3 Å². The number of hydrogen-bond acceptors (Lipinski definition) is 5. The topological polar surface area (TPSA) is 87.7 Å². The summed E-state index contributed by atoms with van der Waals surface area (Å²) in [6.45, 7) is 9.10. The number of likely N-dealkylation sites (N-methyl/N-ethyl adjacent to an activating group) is 1. The lowest BCUT2D eigenvalue weighted by Crippen LogP contribution is -2.52. The second-order valence-electron chi connectivity index (χ2n) is 10.2. The van der Waals surface area contributed by atoms with Crippen LogP contribution in [0.4, 0.5) is 10.5 Å². The summed E-state index contributed by atoms with van der Waals surface area (Å²) in [5.41, 5.74) is 2.51. The molecule has 0 aliphatic rings. The molecule has 0 aliphatic heterocycles. The van der Waals surface area contributed by atoms with Crippen LogP contribution in [-0.2, 0) is 14.3 Å². The summed E-state index contributed by atoms with van der Waals surface area (Å²) >= 11 is 4.27. The van der Waals surface area contributed by atoms with E-state index < -0.39 is 29.7 Å². The molecule has 3 aromatic carbocycles. The Labute approximate surface area is 224 Å². The molecule has 0 fully saturated rings. The Morgan fingerprint density at radius 3 is 2.16 bits per heavy atom. The molecule has 0 saturated carbocycles. The fourth-order valence-corrected chi connectivity index (χ4v) is 4.45. The lowest BCUT2D eigenvalue weighted by atomic mass is 9.99. The molecule has 0 radical (unpaired) electrons. The molecule has 2 unspecified atom stereocenters. The average Bonchev–Trinajstić information content (AvgIpc) is 2.80. The first-order chi connectivity index (χ1) is 17.4. The predicted octanol–water partition coefficient (Wildman–Crippen LogP) is 5.42. The molecule has 3 aromatic rings. The molecule has 7 nitrogen and oxygen atoms in total. The maximum atomic E-state index is 13.7. The summed E-state index contributed by atoms with van der Waals surface area (Å²) in [7, 11) is 1.55. The Balaban J connectivity index is 1.92. The van der Waals surface area contributed by atoms with E-state index in [-0.39, 0.29) is 11.7 Å². The van der Waals surface area contributed by atoms with Crippen molar-refractivity contribution in [1.29, 1.82) is 0 Å². The van der Waals surface area contributed by atoms with Crippen molar-refractivity contribution in [2.75, 3.05) is 18.1 Å². The van der Waals surface area contributed by atoms with Crippen molar-refractivity contribution in [2.24, 2.45) is 0 Å². The van der Waals surface area contributed by atoms with Gasteiger partial charge in [0, 0.05) is 18.5 Å². The van der Waals surface area contributed by atoms with Crippen LogP contribution in [0.3, 0.4) is 0 Å². The number of aryl methyl sites for hydroxylation is 2. The van der Waals surface area contributed by atoms with E-state index in [0.717, 1.165) is 21.9 Å². The summed E-state index contributed by atoms with van der Waals surface area (Å²) in [4.78, 5) is 40.9.